The Morgan fingerprint density at radius 1 is 1.28 bits per heavy atom. The Morgan fingerprint density at radius 2 is 2.00 bits per heavy atom. The van der Waals surface area contributed by atoms with Crippen LogP contribution in [0.25, 0.3) is 0 Å². The molecule has 1 saturated carbocycles. The Morgan fingerprint density at radius 3 is 2.72 bits per heavy atom. The first-order valence-electron chi connectivity index (χ1n) is 6.64. The smallest absolute Gasteiger partial charge is 0.222 e. The molecule has 18 heavy (non-hydrogen) atoms. The Kier molecular flexibility index (Phi) is 3.52. The summed E-state index contributed by atoms with van der Waals surface area (Å²) in [4.78, 5) is 8.56. The van der Waals surface area contributed by atoms with Gasteiger partial charge in [0.15, 0.2) is 0 Å². The predicted octanol–water partition coefficient (Wildman–Crippen LogP) is 3.14. The highest BCUT2D eigenvalue weighted by molar-refractivity contribution is 9.10. The third kappa shape index (κ3) is 2.67. The summed E-state index contributed by atoms with van der Waals surface area (Å²) in [6, 6.07) is 0.443. The number of rotatable bonds is 2. The average Bonchev–Trinajstić information content (AvgIpc) is 2.80. The molecule has 1 spiro atoms. The topological polar surface area (TPSA) is 47.0 Å². The Bertz CT molecular complexity index is 403. The third-order valence-electron chi connectivity index (χ3n) is 3.96. The van der Waals surface area contributed by atoms with Gasteiger partial charge in [0.25, 0.3) is 0 Å². The largest absolute Gasteiger partial charge is 0.375 e. The lowest BCUT2D eigenvalue weighted by Gasteiger charge is -2.38. The van der Waals surface area contributed by atoms with Crippen LogP contribution >= 0.6 is 15.9 Å². The van der Waals surface area contributed by atoms with Crippen LogP contribution < -0.4 is 5.32 Å². The summed E-state index contributed by atoms with van der Waals surface area (Å²) in [6.07, 6.45) is 10.7. The van der Waals surface area contributed by atoms with E-state index in [2.05, 4.69) is 31.2 Å². The van der Waals surface area contributed by atoms with E-state index in [-0.39, 0.29) is 5.60 Å². The van der Waals surface area contributed by atoms with Crippen molar-refractivity contribution in [3.8, 4) is 0 Å². The van der Waals surface area contributed by atoms with Crippen LogP contribution in [-0.4, -0.2) is 28.2 Å². The molecule has 1 aromatic rings. The first-order chi connectivity index (χ1) is 8.76. The summed E-state index contributed by atoms with van der Waals surface area (Å²) in [5.74, 6) is 0.721. The predicted molar refractivity (Wildman–Crippen MR) is 73.5 cm³/mol. The average molecular weight is 312 g/mol. The molecule has 2 fully saturated rings. The van der Waals surface area contributed by atoms with Crippen molar-refractivity contribution in [2.75, 3.05) is 11.9 Å². The van der Waals surface area contributed by atoms with Gasteiger partial charge in [-0.2, -0.15) is 0 Å². The maximum absolute atomic E-state index is 6.03. The third-order valence-corrected chi connectivity index (χ3v) is 4.37. The van der Waals surface area contributed by atoms with Crippen LogP contribution in [-0.2, 0) is 4.74 Å². The van der Waals surface area contributed by atoms with Crippen molar-refractivity contribution >= 4 is 21.9 Å². The second kappa shape index (κ2) is 5.13. The number of anilines is 1. The van der Waals surface area contributed by atoms with Crippen LogP contribution in [0.4, 0.5) is 5.95 Å². The molecule has 1 atom stereocenters. The second-order valence-corrected chi connectivity index (χ2v) is 6.21. The SMILES string of the molecule is Brc1cnc(N[C@@H]2CCOC3(CCCC3)C2)nc1. The number of hydrogen-bond acceptors (Lipinski definition) is 4. The van der Waals surface area contributed by atoms with E-state index in [1.165, 1.54) is 25.7 Å². The van der Waals surface area contributed by atoms with Crippen LogP contribution in [0, 0.1) is 0 Å². The van der Waals surface area contributed by atoms with E-state index in [0.717, 1.165) is 29.9 Å². The molecule has 0 radical (unpaired) electrons. The molecule has 0 amide bonds. The molecule has 1 aromatic heterocycles. The van der Waals surface area contributed by atoms with Gasteiger partial charge in [-0.3, -0.25) is 0 Å². The molecule has 1 N–H and O–H groups in total. The van der Waals surface area contributed by atoms with Gasteiger partial charge in [-0.1, -0.05) is 12.8 Å². The van der Waals surface area contributed by atoms with E-state index in [1.54, 1.807) is 12.4 Å². The molecule has 0 unspecified atom stereocenters. The summed E-state index contributed by atoms with van der Waals surface area (Å²) in [5.41, 5.74) is 0.144. The Labute approximate surface area is 116 Å². The first kappa shape index (κ1) is 12.4. The molecule has 3 rings (SSSR count). The van der Waals surface area contributed by atoms with Crippen LogP contribution in [0.15, 0.2) is 16.9 Å². The maximum atomic E-state index is 6.03. The van der Waals surface area contributed by atoms with Gasteiger partial charge >= 0.3 is 0 Å². The fraction of sp³-hybridized carbons (Fsp3) is 0.692. The molecule has 1 aliphatic carbocycles. The van der Waals surface area contributed by atoms with Crippen molar-refractivity contribution in [2.24, 2.45) is 0 Å². The number of halogens is 1. The van der Waals surface area contributed by atoms with Gasteiger partial charge in [0.05, 0.1) is 10.1 Å². The zero-order valence-electron chi connectivity index (χ0n) is 10.4. The van der Waals surface area contributed by atoms with E-state index in [4.69, 9.17) is 4.74 Å². The number of nitrogens with zero attached hydrogens (tertiary/aromatic N) is 2. The van der Waals surface area contributed by atoms with Crippen molar-refractivity contribution in [3.63, 3.8) is 0 Å². The molecular formula is C13H18BrN3O. The van der Waals surface area contributed by atoms with Crippen molar-refractivity contribution in [2.45, 2.75) is 50.2 Å². The zero-order valence-corrected chi connectivity index (χ0v) is 11.9. The molecule has 0 bridgehead atoms. The second-order valence-electron chi connectivity index (χ2n) is 5.30. The molecule has 1 aliphatic heterocycles. The van der Waals surface area contributed by atoms with E-state index >= 15 is 0 Å². The number of aromatic nitrogens is 2. The lowest BCUT2D eigenvalue weighted by atomic mass is 9.89. The number of hydrogen-bond donors (Lipinski definition) is 1. The van der Waals surface area contributed by atoms with Crippen molar-refractivity contribution in [3.05, 3.63) is 16.9 Å². The first-order valence-corrected chi connectivity index (χ1v) is 7.43. The van der Waals surface area contributed by atoms with E-state index in [0.29, 0.717) is 6.04 Å². The molecule has 0 aromatic carbocycles. The monoisotopic (exact) mass is 311 g/mol. The van der Waals surface area contributed by atoms with Gasteiger partial charge in [0.2, 0.25) is 5.95 Å². The standard InChI is InChI=1S/C13H18BrN3O/c14-10-8-15-12(16-9-10)17-11-3-6-18-13(7-11)4-1-2-5-13/h8-9,11H,1-7H2,(H,15,16,17)/t11-/m1/s1. The van der Waals surface area contributed by atoms with Crippen LogP contribution in [0.2, 0.25) is 0 Å². The summed E-state index contributed by atoms with van der Waals surface area (Å²) < 4.78 is 6.93. The van der Waals surface area contributed by atoms with Crippen LogP contribution in [0.3, 0.4) is 0 Å². The van der Waals surface area contributed by atoms with Gasteiger partial charge in [0, 0.05) is 25.0 Å². The lowest BCUT2D eigenvalue weighted by molar-refractivity contribution is -0.0767. The van der Waals surface area contributed by atoms with E-state index < -0.39 is 0 Å². The highest BCUT2D eigenvalue weighted by Gasteiger charge is 2.39. The quantitative estimate of drug-likeness (QED) is 0.911. The Hall–Kier alpha value is -0.680. The van der Waals surface area contributed by atoms with Crippen LogP contribution in [0.1, 0.15) is 38.5 Å². The zero-order chi connectivity index (χ0) is 12.4. The molecule has 98 valence electrons. The van der Waals surface area contributed by atoms with Gasteiger partial charge in [-0.15, -0.1) is 0 Å². The summed E-state index contributed by atoms with van der Waals surface area (Å²) in [5, 5.41) is 3.44. The normalized spacial score (nSPS) is 26.4. The van der Waals surface area contributed by atoms with Crippen molar-refractivity contribution < 1.29 is 4.74 Å². The maximum Gasteiger partial charge on any atom is 0.222 e. The molecule has 2 heterocycles. The molecule has 1 saturated heterocycles. The molecule has 5 heteroatoms. The highest BCUT2D eigenvalue weighted by atomic mass is 79.9. The minimum absolute atomic E-state index is 0.144. The van der Waals surface area contributed by atoms with E-state index in [1.807, 2.05) is 0 Å². The fourth-order valence-electron chi connectivity index (χ4n) is 3.09. The van der Waals surface area contributed by atoms with Gasteiger partial charge < -0.3 is 10.1 Å². The minimum Gasteiger partial charge on any atom is -0.375 e. The van der Waals surface area contributed by atoms with Gasteiger partial charge in [-0.25, -0.2) is 9.97 Å². The lowest BCUT2D eigenvalue weighted by Crippen LogP contribution is -2.42. The Balaban J connectivity index is 1.64. The minimum atomic E-state index is 0.144. The van der Waals surface area contributed by atoms with Gasteiger partial charge in [-0.05, 0) is 41.6 Å². The summed E-state index contributed by atoms with van der Waals surface area (Å²) >= 11 is 3.35. The number of nitrogens with one attached hydrogen (secondary N) is 1. The van der Waals surface area contributed by atoms with Crippen molar-refractivity contribution in [1.82, 2.24) is 9.97 Å². The molecular weight excluding hydrogens is 294 g/mol. The molecule has 4 nitrogen and oxygen atoms in total. The fourth-order valence-corrected chi connectivity index (χ4v) is 3.29. The summed E-state index contributed by atoms with van der Waals surface area (Å²) in [6.45, 7) is 0.855. The molecule has 2 aliphatic rings. The highest BCUT2D eigenvalue weighted by Crippen LogP contribution is 2.40. The van der Waals surface area contributed by atoms with E-state index in [9.17, 15) is 0 Å². The number of ether oxygens (including phenoxy) is 1. The van der Waals surface area contributed by atoms with Gasteiger partial charge in [0.1, 0.15) is 0 Å². The summed E-state index contributed by atoms with van der Waals surface area (Å²) in [7, 11) is 0. The van der Waals surface area contributed by atoms with Crippen LogP contribution in [0.5, 0.6) is 0 Å². The van der Waals surface area contributed by atoms with Crippen molar-refractivity contribution in [1.29, 1.82) is 0 Å².